The van der Waals surface area contributed by atoms with Gasteiger partial charge in [-0.25, -0.2) is 4.68 Å². The van der Waals surface area contributed by atoms with Gasteiger partial charge in [0.15, 0.2) is 0 Å². The summed E-state index contributed by atoms with van der Waals surface area (Å²) in [5, 5.41) is 14.1. The third-order valence-electron chi connectivity index (χ3n) is 3.82. The number of carbonyl (C=O) groups excluding carboxylic acids is 1. The maximum absolute atomic E-state index is 12.7. The number of benzene rings is 2. The van der Waals surface area contributed by atoms with Gasteiger partial charge in [0.1, 0.15) is 6.33 Å². The molecule has 24 heavy (non-hydrogen) atoms. The third-order valence-corrected chi connectivity index (χ3v) is 3.82. The van der Waals surface area contributed by atoms with Crippen LogP contribution in [-0.2, 0) is 4.79 Å². The number of hydrogen-bond donors (Lipinski definition) is 1. The summed E-state index contributed by atoms with van der Waals surface area (Å²) in [5.41, 5.74) is 2.56. The summed E-state index contributed by atoms with van der Waals surface area (Å²) in [4.78, 5) is 12.7. The molecule has 3 rings (SSSR count). The molecule has 2 aromatic carbocycles. The van der Waals surface area contributed by atoms with Crippen molar-refractivity contribution in [3.05, 3.63) is 66.5 Å². The van der Waals surface area contributed by atoms with Crippen molar-refractivity contribution in [2.75, 3.05) is 5.32 Å². The molecular formula is C18H19N5O. The molecule has 0 bridgehead atoms. The van der Waals surface area contributed by atoms with Crippen LogP contribution in [0.25, 0.3) is 5.69 Å². The number of carbonyl (C=O) groups is 1. The Labute approximate surface area is 140 Å². The number of tetrazole rings is 1. The molecule has 1 atom stereocenters. The number of rotatable bonds is 6. The first-order chi connectivity index (χ1) is 11.8. The molecule has 0 fully saturated rings. The van der Waals surface area contributed by atoms with Gasteiger partial charge in [0.2, 0.25) is 5.91 Å². The van der Waals surface area contributed by atoms with Crippen LogP contribution in [0.5, 0.6) is 0 Å². The molecular weight excluding hydrogens is 302 g/mol. The quantitative estimate of drug-likeness (QED) is 0.757. The molecule has 1 amide bonds. The second-order valence-electron chi connectivity index (χ2n) is 5.55. The highest BCUT2D eigenvalue weighted by atomic mass is 16.1. The van der Waals surface area contributed by atoms with E-state index in [-0.39, 0.29) is 11.8 Å². The molecule has 0 unspecified atom stereocenters. The van der Waals surface area contributed by atoms with Crippen molar-refractivity contribution < 1.29 is 4.79 Å². The predicted octanol–water partition coefficient (Wildman–Crippen LogP) is 3.18. The van der Waals surface area contributed by atoms with Gasteiger partial charge in [0.05, 0.1) is 11.6 Å². The average molecular weight is 321 g/mol. The van der Waals surface area contributed by atoms with E-state index in [9.17, 15) is 4.79 Å². The zero-order valence-electron chi connectivity index (χ0n) is 13.5. The molecule has 0 radical (unpaired) electrons. The first-order valence-corrected chi connectivity index (χ1v) is 7.97. The van der Waals surface area contributed by atoms with Crippen LogP contribution in [-0.4, -0.2) is 26.1 Å². The van der Waals surface area contributed by atoms with Gasteiger partial charge in [0, 0.05) is 5.69 Å². The van der Waals surface area contributed by atoms with E-state index in [2.05, 4.69) is 27.8 Å². The highest BCUT2D eigenvalue weighted by molar-refractivity contribution is 5.96. The van der Waals surface area contributed by atoms with E-state index in [4.69, 9.17) is 0 Å². The zero-order valence-corrected chi connectivity index (χ0v) is 13.5. The van der Waals surface area contributed by atoms with Gasteiger partial charge in [-0.2, -0.15) is 0 Å². The van der Waals surface area contributed by atoms with Crippen LogP contribution < -0.4 is 5.32 Å². The van der Waals surface area contributed by atoms with Crippen molar-refractivity contribution in [3.8, 4) is 5.69 Å². The van der Waals surface area contributed by atoms with Crippen LogP contribution in [0.4, 0.5) is 5.69 Å². The Kier molecular flexibility index (Phi) is 4.96. The van der Waals surface area contributed by atoms with E-state index in [1.807, 2.05) is 54.6 Å². The Hall–Kier alpha value is -3.02. The van der Waals surface area contributed by atoms with Crippen molar-refractivity contribution in [1.82, 2.24) is 20.2 Å². The molecule has 1 heterocycles. The van der Waals surface area contributed by atoms with Crippen molar-refractivity contribution in [2.24, 2.45) is 0 Å². The lowest BCUT2D eigenvalue weighted by Gasteiger charge is -2.17. The third kappa shape index (κ3) is 3.65. The lowest BCUT2D eigenvalue weighted by molar-refractivity contribution is -0.117. The summed E-state index contributed by atoms with van der Waals surface area (Å²) in [6.07, 6.45) is 3.27. The van der Waals surface area contributed by atoms with Gasteiger partial charge in [-0.05, 0) is 40.6 Å². The Morgan fingerprint density at radius 1 is 1.17 bits per heavy atom. The van der Waals surface area contributed by atoms with Gasteiger partial charge < -0.3 is 5.32 Å². The molecule has 1 aromatic heterocycles. The number of aromatic nitrogens is 4. The van der Waals surface area contributed by atoms with Crippen LogP contribution in [0.3, 0.4) is 0 Å². The Balaban J connectivity index is 1.79. The summed E-state index contributed by atoms with van der Waals surface area (Å²) in [6.45, 7) is 2.08. The molecule has 0 aliphatic rings. The first kappa shape index (κ1) is 15.9. The fourth-order valence-electron chi connectivity index (χ4n) is 2.66. The maximum atomic E-state index is 12.7. The van der Waals surface area contributed by atoms with Gasteiger partial charge in [-0.3, -0.25) is 4.79 Å². The molecule has 122 valence electrons. The topological polar surface area (TPSA) is 72.7 Å². The van der Waals surface area contributed by atoms with E-state index in [0.29, 0.717) is 0 Å². The van der Waals surface area contributed by atoms with Crippen LogP contribution in [0.2, 0.25) is 0 Å². The van der Waals surface area contributed by atoms with Crippen LogP contribution in [0.15, 0.2) is 60.9 Å². The van der Waals surface area contributed by atoms with Crippen molar-refractivity contribution in [3.63, 3.8) is 0 Å². The highest BCUT2D eigenvalue weighted by Gasteiger charge is 2.19. The molecule has 3 aromatic rings. The number of nitrogens with one attached hydrogen (secondary N) is 1. The molecule has 0 aliphatic carbocycles. The first-order valence-electron chi connectivity index (χ1n) is 7.97. The minimum Gasteiger partial charge on any atom is -0.325 e. The Morgan fingerprint density at radius 3 is 2.71 bits per heavy atom. The second-order valence-corrected chi connectivity index (χ2v) is 5.55. The zero-order chi connectivity index (χ0) is 16.8. The number of amides is 1. The molecule has 6 heteroatoms. The summed E-state index contributed by atoms with van der Waals surface area (Å²) in [7, 11) is 0. The number of anilines is 1. The molecule has 0 saturated heterocycles. The normalized spacial score (nSPS) is 11.9. The molecule has 0 saturated carbocycles. The smallest absolute Gasteiger partial charge is 0.231 e. The van der Waals surface area contributed by atoms with E-state index >= 15 is 0 Å². The average Bonchev–Trinajstić information content (AvgIpc) is 3.15. The van der Waals surface area contributed by atoms with Crippen LogP contribution in [0, 0.1) is 0 Å². The molecule has 0 aliphatic heterocycles. The minimum absolute atomic E-state index is 0.00286. The summed E-state index contributed by atoms with van der Waals surface area (Å²) >= 11 is 0. The molecule has 0 spiro atoms. The summed E-state index contributed by atoms with van der Waals surface area (Å²) in [6, 6.07) is 17.3. The van der Waals surface area contributed by atoms with Gasteiger partial charge in [-0.15, -0.1) is 5.10 Å². The van der Waals surface area contributed by atoms with Gasteiger partial charge in [0.25, 0.3) is 0 Å². The second kappa shape index (κ2) is 7.50. The predicted molar refractivity (Wildman–Crippen MR) is 91.9 cm³/mol. The summed E-state index contributed by atoms with van der Waals surface area (Å²) in [5.74, 6) is -0.162. The minimum atomic E-state index is -0.159. The van der Waals surface area contributed by atoms with Crippen LogP contribution in [0.1, 0.15) is 31.2 Å². The fourth-order valence-corrected chi connectivity index (χ4v) is 2.66. The van der Waals surface area contributed by atoms with E-state index in [1.54, 1.807) is 4.68 Å². The monoisotopic (exact) mass is 321 g/mol. The lowest BCUT2D eigenvalue weighted by Crippen LogP contribution is -2.21. The van der Waals surface area contributed by atoms with Crippen LogP contribution >= 0.6 is 0 Å². The van der Waals surface area contributed by atoms with Crippen molar-refractivity contribution in [2.45, 2.75) is 25.7 Å². The van der Waals surface area contributed by atoms with E-state index in [0.717, 1.165) is 29.8 Å². The van der Waals surface area contributed by atoms with E-state index < -0.39 is 0 Å². The van der Waals surface area contributed by atoms with Gasteiger partial charge >= 0.3 is 0 Å². The Morgan fingerprint density at radius 2 is 2.00 bits per heavy atom. The van der Waals surface area contributed by atoms with Crippen molar-refractivity contribution >= 4 is 11.6 Å². The maximum Gasteiger partial charge on any atom is 0.231 e. The Bertz CT molecular complexity index is 786. The SMILES string of the molecule is CCC[C@H](C(=O)Nc1cccc(-n2cnnn2)c1)c1ccccc1. The lowest BCUT2D eigenvalue weighted by atomic mass is 9.93. The largest absolute Gasteiger partial charge is 0.325 e. The van der Waals surface area contributed by atoms with Crippen molar-refractivity contribution in [1.29, 1.82) is 0 Å². The van der Waals surface area contributed by atoms with E-state index in [1.165, 1.54) is 6.33 Å². The van der Waals surface area contributed by atoms with Gasteiger partial charge in [-0.1, -0.05) is 49.7 Å². The molecule has 1 N–H and O–H groups in total. The number of nitrogens with zero attached hydrogens (tertiary/aromatic N) is 4. The highest BCUT2D eigenvalue weighted by Crippen LogP contribution is 2.23. The molecule has 6 nitrogen and oxygen atoms in total. The summed E-state index contributed by atoms with van der Waals surface area (Å²) < 4.78 is 1.55. The number of hydrogen-bond acceptors (Lipinski definition) is 4. The fraction of sp³-hybridized carbons (Fsp3) is 0.222. The standard InChI is InChI=1S/C18H19N5O/c1-2-7-17(14-8-4-3-5-9-14)18(24)20-15-10-6-11-16(12-15)23-13-19-21-22-23/h3-6,8-13,17H,2,7H2,1H3,(H,20,24)/t17-/m0/s1.